The molecule has 5 heteroatoms. The highest BCUT2D eigenvalue weighted by molar-refractivity contribution is 5.83. The van der Waals surface area contributed by atoms with E-state index in [1.807, 2.05) is 20.8 Å². The molecule has 1 aromatic rings. The minimum atomic E-state index is -0.239. The lowest BCUT2D eigenvalue weighted by atomic mass is 9.86. The Bertz CT molecular complexity index is 442. The number of aliphatic hydroxyl groups excluding tert-OH is 1. The van der Waals surface area contributed by atoms with Crippen LogP contribution in [0.25, 0.3) is 0 Å². The van der Waals surface area contributed by atoms with Gasteiger partial charge in [-0.3, -0.25) is 4.79 Å². The Morgan fingerprint density at radius 3 is 2.55 bits per heavy atom. The molecule has 0 radical (unpaired) electrons. The summed E-state index contributed by atoms with van der Waals surface area (Å²) in [5.41, 5.74) is 1.68. The van der Waals surface area contributed by atoms with Crippen molar-refractivity contribution in [2.24, 2.45) is 5.92 Å². The fraction of sp³-hybridized carbons (Fsp3) is 0.733. The van der Waals surface area contributed by atoms with Crippen LogP contribution in [0.3, 0.4) is 0 Å². The maximum absolute atomic E-state index is 12.3. The predicted molar refractivity (Wildman–Crippen MR) is 75.4 cm³/mol. The number of rotatable bonds is 4. The van der Waals surface area contributed by atoms with Gasteiger partial charge in [0, 0.05) is 18.2 Å². The Labute approximate surface area is 119 Å². The van der Waals surface area contributed by atoms with Crippen molar-refractivity contribution in [1.29, 1.82) is 0 Å². The van der Waals surface area contributed by atoms with Crippen LogP contribution in [-0.4, -0.2) is 28.8 Å². The van der Waals surface area contributed by atoms with Crippen molar-refractivity contribution >= 4 is 5.91 Å². The van der Waals surface area contributed by atoms with Crippen molar-refractivity contribution in [2.45, 2.75) is 58.4 Å². The summed E-state index contributed by atoms with van der Waals surface area (Å²) < 4.78 is 5.13. The average molecular weight is 280 g/mol. The molecule has 1 unspecified atom stereocenters. The zero-order valence-corrected chi connectivity index (χ0v) is 12.5. The molecule has 1 amide bonds. The van der Waals surface area contributed by atoms with Crippen molar-refractivity contribution in [3.8, 4) is 0 Å². The van der Waals surface area contributed by atoms with Gasteiger partial charge in [-0.25, -0.2) is 0 Å². The standard InChI is InChI=1S/C15H24N2O3/c1-9(14-10(2)17-20-11(14)3)15(19)16-13-6-4-12(8-18)5-7-13/h9,12-13,18H,4-8H2,1-3H3,(H,16,19). The third-order valence-electron chi connectivity index (χ3n) is 4.37. The maximum Gasteiger partial charge on any atom is 0.227 e. The molecule has 1 atom stereocenters. The van der Waals surface area contributed by atoms with Gasteiger partial charge >= 0.3 is 0 Å². The molecule has 2 rings (SSSR count). The first-order valence-corrected chi connectivity index (χ1v) is 7.37. The first-order chi connectivity index (χ1) is 9.52. The summed E-state index contributed by atoms with van der Waals surface area (Å²) in [6.45, 7) is 5.85. The van der Waals surface area contributed by atoms with Crippen molar-refractivity contribution < 1.29 is 14.4 Å². The highest BCUT2D eigenvalue weighted by atomic mass is 16.5. The predicted octanol–water partition coefficient (Wildman–Crippen LogP) is 2.06. The topological polar surface area (TPSA) is 75.4 Å². The van der Waals surface area contributed by atoms with E-state index < -0.39 is 0 Å². The summed E-state index contributed by atoms with van der Waals surface area (Å²) in [7, 11) is 0. The van der Waals surface area contributed by atoms with E-state index in [0.29, 0.717) is 11.7 Å². The Morgan fingerprint density at radius 1 is 1.40 bits per heavy atom. The largest absolute Gasteiger partial charge is 0.396 e. The zero-order valence-electron chi connectivity index (χ0n) is 12.5. The molecular formula is C15H24N2O3. The van der Waals surface area contributed by atoms with Crippen molar-refractivity contribution in [1.82, 2.24) is 10.5 Å². The van der Waals surface area contributed by atoms with E-state index in [0.717, 1.165) is 36.9 Å². The monoisotopic (exact) mass is 280 g/mol. The van der Waals surface area contributed by atoms with Gasteiger partial charge in [0.2, 0.25) is 5.91 Å². The van der Waals surface area contributed by atoms with Gasteiger partial charge in [-0.1, -0.05) is 5.16 Å². The van der Waals surface area contributed by atoms with Crippen LogP contribution in [0.5, 0.6) is 0 Å². The summed E-state index contributed by atoms with van der Waals surface area (Å²) in [5, 5.41) is 16.1. The molecule has 0 spiro atoms. The normalized spacial score (nSPS) is 24.4. The molecule has 112 valence electrons. The van der Waals surface area contributed by atoms with Gasteiger partial charge in [0.15, 0.2) is 0 Å². The number of carbonyl (C=O) groups is 1. The minimum Gasteiger partial charge on any atom is -0.396 e. The number of hydrogen-bond donors (Lipinski definition) is 2. The number of carbonyl (C=O) groups excluding carboxylic acids is 1. The van der Waals surface area contributed by atoms with Crippen LogP contribution in [0, 0.1) is 19.8 Å². The van der Waals surface area contributed by atoms with Gasteiger partial charge in [-0.2, -0.15) is 0 Å². The average Bonchev–Trinajstić information content (AvgIpc) is 2.78. The molecule has 0 saturated heterocycles. The number of aliphatic hydroxyl groups is 1. The maximum atomic E-state index is 12.3. The first kappa shape index (κ1) is 15.0. The molecular weight excluding hydrogens is 256 g/mol. The van der Waals surface area contributed by atoms with E-state index in [1.54, 1.807) is 0 Å². The van der Waals surface area contributed by atoms with Crippen LogP contribution < -0.4 is 5.32 Å². The SMILES string of the molecule is Cc1noc(C)c1C(C)C(=O)NC1CCC(CO)CC1. The van der Waals surface area contributed by atoms with Gasteiger partial charge in [0.1, 0.15) is 5.76 Å². The molecule has 1 saturated carbocycles. The molecule has 5 nitrogen and oxygen atoms in total. The quantitative estimate of drug-likeness (QED) is 0.885. The second-order valence-corrected chi connectivity index (χ2v) is 5.87. The van der Waals surface area contributed by atoms with Crippen LogP contribution in [-0.2, 0) is 4.79 Å². The third-order valence-corrected chi connectivity index (χ3v) is 4.37. The lowest BCUT2D eigenvalue weighted by Crippen LogP contribution is -2.40. The third kappa shape index (κ3) is 3.20. The lowest BCUT2D eigenvalue weighted by Gasteiger charge is -2.28. The van der Waals surface area contributed by atoms with Gasteiger partial charge in [-0.05, 0) is 52.4 Å². The summed E-state index contributed by atoms with van der Waals surface area (Å²) in [6, 6.07) is 0.230. The van der Waals surface area contributed by atoms with E-state index in [2.05, 4.69) is 10.5 Å². The fourth-order valence-corrected chi connectivity index (χ4v) is 3.05. The Morgan fingerprint density at radius 2 is 2.05 bits per heavy atom. The fourth-order valence-electron chi connectivity index (χ4n) is 3.05. The Balaban J connectivity index is 1.92. The van der Waals surface area contributed by atoms with E-state index in [4.69, 9.17) is 9.63 Å². The van der Waals surface area contributed by atoms with Crippen LogP contribution in [0.4, 0.5) is 0 Å². The number of nitrogens with zero attached hydrogens (tertiary/aromatic N) is 1. The molecule has 1 heterocycles. The van der Waals surface area contributed by atoms with E-state index in [9.17, 15) is 4.79 Å². The van der Waals surface area contributed by atoms with Crippen molar-refractivity contribution in [2.75, 3.05) is 6.61 Å². The summed E-state index contributed by atoms with van der Waals surface area (Å²) >= 11 is 0. The smallest absolute Gasteiger partial charge is 0.227 e. The molecule has 0 aliphatic heterocycles. The summed E-state index contributed by atoms with van der Waals surface area (Å²) in [6.07, 6.45) is 3.87. The van der Waals surface area contributed by atoms with Gasteiger partial charge in [-0.15, -0.1) is 0 Å². The molecule has 1 aliphatic rings. The number of nitrogens with one attached hydrogen (secondary N) is 1. The van der Waals surface area contributed by atoms with Crippen LogP contribution in [0.1, 0.15) is 55.5 Å². The van der Waals surface area contributed by atoms with Gasteiger partial charge in [0.25, 0.3) is 0 Å². The highest BCUT2D eigenvalue weighted by Crippen LogP contribution is 2.26. The molecule has 1 aromatic heterocycles. The van der Waals surface area contributed by atoms with Crippen molar-refractivity contribution in [3.63, 3.8) is 0 Å². The minimum absolute atomic E-state index is 0.0341. The number of aromatic nitrogens is 1. The van der Waals surface area contributed by atoms with Gasteiger partial charge in [0.05, 0.1) is 11.6 Å². The van der Waals surface area contributed by atoms with E-state index >= 15 is 0 Å². The van der Waals surface area contributed by atoms with Crippen LogP contribution in [0.2, 0.25) is 0 Å². The Hall–Kier alpha value is -1.36. The molecule has 20 heavy (non-hydrogen) atoms. The number of hydrogen-bond acceptors (Lipinski definition) is 4. The molecule has 0 bridgehead atoms. The summed E-state index contributed by atoms with van der Waals surface area (Å²) in [4.78, 5) is 12.3. The molecule has 1 aliphatic carbocycles. The Kier molecular flexibility index (Phi) is 4.81. The van der Waals surface area contributed by atoms with E-state index in [-0.39, 0.29) is 24.5 Å². The zero-order chi connectivity index (χ0) is 14.7. The number of amides is 1. The second kappa shape index (κ2) is 6.39. The van der Waals surface area contributed by atoms with Crippen LogP contribution in [0.15, 0.2) is 4.52 Å². The van der Waals surface area contributed by atoms with Crippen LogP contribution >= 0.6 is 0 Å². The lowest BCUT2D eigenvalue weighted by molar-refractivity contribution is -0.123. The first-order valence-electron chi connectivity index (χ1n) is 7.37. The number of aryl methyl sites for hydroxylation is 2. The van der Waals surface area contributed by atoms with E-state index in [1.165, 1.54) is 0 Å². The van der Waals surface area contributed by atoms with Gasteiger partial charge < -0.3 is 14.9 Å². The highest BCUT2D eigenvalue weighted by Gasteiger charge is 2.27. The molecule has 2 N–H and O–H groups in total. The molecule has 1 fully saturated rings. The van der Waals surface area contributed by atoms with Crippen molar-refractivity contribution in [3.05, 3.63) is 17.0 Å². The second-order valence-electron chi connectivity index (χ2n) is 5.87. The summed E-state index contributed by atoms with van der Waals surface area (Å²) in [5.74, 6) is 0.918. The molecule has 0 aromatic carbocycles.